The summed E-state index contributed by atoms with van der Waals surface area (Å²) >= 11 is 0. The van der Waals surface area contributed by atoms with Gasteiger partial charge in [0.25, 0.3) is 5.91 Å². The Labute approximate surface area is 113 Å². The van der Waals surface area contributed by atoms with E-state index in [0.717, 1.165) is 31.4 Å². The van der Waals surface area contributed by atoms with Crippen molar-refractivity contribution in [1.82, 2.24) is 15.2 Å². The minimum Gasteiger partial charge on any atom is -0.373 e. The molecule has 3 rings (SSSR count). The van der Waals surface area contributed by atoms with E-state index in [9.17, 15) is 4.79 Å². The van der Waals surface area contributed by atoms with Crippen LogP contribution in [0.5, 0.6) is 0 Å². The Morgan fingerprint density at radius 3 is 2.95 bits per heavy atom. The van der Waals surface area contributed by atoms with Crippen molar-refractivity contribution in [1.29, 1.82) is 0 Å². The molecule has 1 unspecified atom stereocenters. The van der Waals surface area contributed by atoms with E-state index < -0.39 is 0 Å². The zero-order valence-corrected chi connectivity index (χ0v) is 11.2. The van der Waals surface area contributed by atoms with Crippen molar-refractivity contribution in [2.75, 3.05) is 25.5 Å². The number of carbonyl (C=O) groups excluding carboxylic acids is 1. The summed E-state index contributed by atoms with van der Waals surface area (Å²) in [5.74, 6) is 0.651. The summed E-state index contributed by atoms with van der Waals surface area (Å²) < 4.78 is 0. The van der Waals surface area contributed by atoms with E-state index in [1.807, 2.05) is 12.1 Å². The van der Waals surface area contributed by atoms with Crippen molar-refractivity contribution in [3.63, 3.8) is 0 Å². The number of pyridine rings is 1. The molecule has 2 heterocycles. The molecular weight excluding hydrogens is 240 g/mol. The Bertz CT molecular complexity index is 472. The predicted octanol–water partition coefficient (Wildman–Crippen LogP) is 1.09. The molecule has 2 aliphatic rings. The molecule has 1 aliphatic heterocycles. The van der Waals surface area contributed by atoms with Crippen molar-refractivity contribution >= 4 is 11.7 Å². The fourth-order valence-electron chi connectivity index (χ4n) is 2.64. The normalized spacial score (nSPS) is 23.3. The number of anilines is 1. The van der Waals surface area contributed by atoms with Crippen molar-refractivity contribution < 1.29 is 4.79 Å². The van der Waals surface area contributed by atoms with Gasteiger partial charge < -0.3 is 10.6 Å². The molecule has 1 saturated heterocycles. The van der Waals surface area contributed by atoms with Gasteiger partial charge in [0.05, 0.1) is 0 Å². The van der Waals surface area contributed by atoms with Gasteiger partial charge in [-0.2, -0.15) is 0 Å². The fourth-order valence-corrected chi connectivity index (χ4v) is 2.64. The van der Waals surface area contributed by atoms with Crippen LogP contribution in [0, 0.1) is 0 Å². The van der Waals surface area contributed by atoms with Gasteiger partial charge in [-0.3, -0.25) is 9.69 Å². The molecule has 0 radical (unpaired) electrons. The second-order valence-electron chi connectivity index (χ2n) is 5.34. The number of aromatic nitrogens is 1. The molecule has 0 aromatic carbocycles. The molecule has 2 N–H and O–H groups in total. The third-order valence-electron chi connectivity index (χ3n) is 3.86. The maximum Gasteiger partial charge on any atom is 0.270 e. The first-order chi connectivity index (χ1) is 9.26. The van der Waals surface area contributed by atoms with Crippen LogP contribution in [-0.2, 0) is 0 Å². The van der Waals surface area contributed by atoms with Gasteiger partial charge in [0, 0.05) is 32.2 Å². The Hall–Kier alpha value is -1.62. The smallest absolute Gasteiger partial charge is 0.270 e. The number of hydrogen-bond acceptors (Lipinski definition) is 4. The first kappa shape index (κ1) is 12.4. The average Bonchev–Trinajstić information content (AvgIpc) is 3.19. The van der Waals surface area contributed by atoms with Gasteiger partial charge in [-0.1, -0.05) is 6.07 Å². The number of nitrogens with zero attached hydrogens (tertiary/aromatic N) is 2. The summed E-state index contributed by atoms with van der Waals surface area (Å²) in [4.78, 5) is 18.9. The minimum absolute atomic E-state index is 0.0697. The summed E-state index contributed by atoms with van der Waals surface area (Å²) in [6.07, 6.45) is 3.70. The molecule has 1 amide bonds. The molecule has 5 nitrogen and oxygen atoms in total. The second-order valence-corrected chi connectivity index (χ2v) is 5.34. The quantitative estimate of drug-likeness (QED) is 0.851. The van der Waals surface area contributed by atoms with Gasteiger partial charge in [-0.05, 0) is 31.4 Å². The lowest BCUT2D eigenvalue weighted by Gasteiger charge is -2.15. The highest BCUT2D eigenvalue weighted by atomic mass is 16.2. The number of carbonyl (C=O) groups is 1. The van der Waals surface area contributed by atoms with Crippen LogP contribution < -0.4 is 10.6 Å². The Morgan fingerprint density at radius 2 is 2.21 bits per heavy atom. The molecule has 1 aromatic rings. The molecule has 2 fully saturated rings. The molecule has 0 bridgehead atoms. The van der Waals surface area contributed by atoms with Crippen molar-refractivity contribution in [2.45, 2.75) is 31.3 Å². The number of likely N-dealkylation sites (tertiary alicyclic amines) is 1. The third kappa shape index (κ3) is 2.87. The summed E-state index contributed by atoms with van der Waals surface area (Å²) in [7, 11) is 1.80. The molecule has 1 saturated carbocycles. The van der Waals surface area contributed by atoms with Crippen molar-refractivity contribution in [3.8, 4) is 0 Å². The minimum atomic E-state index is -0.0697. The number of rotatable bonds is 4. The fraction of sp³-hybridized carbons (Fsp3) is 0.571. The zero-order valence-electron chi connectivity index (χ0n) is 11.2. The standard InChI is InChI=1S/C14H20N4O/c1-15-13-4-2-3-12(17-13)14(19)16-10-7-8-18(9-10)11-5-6-11/h2-4,10-11H,5-9H2,1H3,(H,15,17)(H,16,19). The largest absolute Gasteiger partial charge is 0.373 e. The molecule has 1 aliphatic carbocycles. The third-order valence-corrected chi connectivity index (χ3v) is 3.86. The summed E-state index contributed by atoms with van der Waals surface area (Å²) in [5, 5.41) is 6.03. The number of amides is 1. The Kier molecular flexibility index (Phi) is 3.38. The molecule has 1 atom stereocenters. The van der Waals surface area contributed by atoms with Gasteiger partial charge in [0.2, 0.25) is 0 Å². The first-order valence-electron chi connectivity index (χ1n) is 6.96. The van der Waals surface area contributed by atoms with E-state index in [4.69, 9.17) is 0 Å². The van der Waals surface area contributed by atoms with Crippen molar-refractivity contribution in [3.05, 3.63) is 23.9 Å². The highest BCUT2D eigenvalue weighted by molar-refractivity contribution is 5.92. The van der Waals surface area contributed by atoms with E-state index in [1.165, 1.54) is 12.8 Å². The summed E-state index contributed by atoms with van der Waals surface area (Å²) in [5.41, 5.74) is 0.483. The van der Waals surface area contributed by atoms with Crippen molar-refractivity contribution in [2.24, 2.45) is 0 Å². The average molecular weight is 260 g/mol. The molecule has 102 valence electrons. The van der Waals surface area contributed by atoms with Gasteiger partial charge >= 0.3 is 0 Å². The highest BCUT2D eigenvalue weighted by Crippen LogP contribution is 2.29. The lowest BCUT2D eigenvalue weighted by Crippen LogP contribution is -2.37. The SMILES string of the molecule is CNc1cccc(C(=O)NC2CCN(C3CC3)C2)n1. The van der Waals surface area contributed by atoms with E-state index in [0.29, 0.717) is 5.69 Å². The number of hydrogen-bond donors (Lipinski definition) is 2. The highest BCUT2D eigenvalue weighted by Gasteiger charge is 2.34. The van der Waals surface area contributed by atoms with Gasteiger partial charge in [-0.15, -0.1) is 0 Å². The lowest BCUT2D eigenvalue weighted by molar-refractivity contribution is 0.0932. The maximum absolute atomic E-state index is 12.1. The van der Waals surface area contributed by atoms with Crippen LogP contribution in [0.3, 0.4) is 0 Å². The topological polar surface area (TPSA) is 57.3 Å². The second kappa shape index (κ2) is 5.17. The van der Waals surface area contributed by atoms with Crippen LogP contribution in [-0.4, -0.2) is 48.0 Å². The van der Waals surface area contributed by atoms with Gasteiger partial charge in [0.1, 0.15) is 11.5 Å². The lowest BCUT2D eigenvalue weighted by atomic mass is 10.2. The number of nitrogens with one attached hydrogen (secondary N) is 2. The van der Waals surface area contributed by atoms with E-state index in [-0.39, 0.29) is 11.9 Å². The van der Waals surface area contributed by atoms with E-state index >= 15 is 0 Å². The monoisotopic (exact) mass is 260 g/mol. The molecule has 1 aromatic heterocycles. The van der Waals surface area contributed by atoms with Gasteiger partial charge in [-0.25, -0.2) is 4.98 Å². The van der Waals surface area contributed by atoms with Gasteiger partial charge in [0.15, 0.2) is 0 Å². The van der Waals surface area contributed by atoms with E-state index in [2.05, 4.69) is 20.5 Å². The predicted molar refractivity (Wildman–Crippen MR) is 74.2 cm³/mol. The molecule has 5 heteroatoms. The maximum atomic E-state index is 12.1. The molecule has 19 heavy (non-hydrogen) atoms. The first-order valence-corrected chi connectivity index (χ1v) is 6.96. The van der Waals surface area contributed by atoms with Crippen LogP contribution in [0.1, 0.15) is 29.8 Å². The van der Waals surface area contributed by atoms with Crippen LogP contribution in [0.4, 0.5) is 5.82 Å². The summed E-state index contributed by atoms with van der Waals surface area (Å²) in [6.45, 7) is 2.10. The molecular formula is C14H20N4O. The Balaban J connectivity index is 1.58. The van der Waals surface area contributed by atoms with Crippen LogP contribution in [0.15, 0.2) is 18.2 Å². The van der Waals surface area contributed by atoms with Crippen LogP contribution >= 0.6 is 0 Å². The van der Waals surface area contributed by atoms with Crippen LogP contribution in [0.2, 0.25) is 0 Å². The summed E-state index contributed by atoms with van der Waals surface area (Å²) in [6, 6.07) is 6.50. The van der Waals surface area contributed by atoms with Crippen LogP contribution in [0.25, 0.3) is 0 Å². The zero-order chi connectivity index (χ0) is 13.2. The Morgan fingerprint density at radius 1 is 1.37 bits per heavy atom. The van der Waals surface area contributed by atoms with E-state index in [1.54, 1.807) is 13.1 Å². The molecule has 0 spiro atoms.